The summed E-state index contributed by atoms with van der Waals surface area (Å²) in [6, 6.07) is 20.1. The molecule has 1 N–H and O–H groups in total. The number of amides is 1. The monoisotopic (exact) mass is 554 g/mol. The van der Waals surface area contributed by atoms with Crippen molar-refractivity contribution in [1.82, 2.24) is 0 Å². The zero-order chi connectivity index (χ0) is 30.3. The Morgan fingerprint density at radius 3 is 2.00 bits per heavy atom. The summed E-state index contributed by atoms with van der Waals surface area (Å²) >= 11 is 0. The molecule has 1 atom stereocenters. The highest BCUT2D eigenvalue weighted by molar-refractivity contribution is 6.51. The number of hydrogen-bond acceptors (Lipinski definition) is 5. The Hall–Kier alpha value is -4.06. The van der Waals surface area contributed by atoms with E-state index in [0.717, 1.165) is 28.1 Å². The number of carbonyl (C=O) groups is 2. The van der Waals surface area contributed by atoms with Crippen molar-refractivity contribution < 1.29 is 19.4 Å². The SMILES string of the molecule is CCOc1ccc(/C(O)=C2/C(=O)C(=O)N(c3ccc(N(C)C)cc3)C2c2ccc(C(C)(C)C)cc2)cc1C(C)(C)C. The minimum Gasteiger partial charge on any atom is -0.507 e. The second-order valence-electron chi connectivity index (χ2n) is 12.8. The molecule has 0 radical (unpaired) electrons. The van der Waals surface area contributed by atoms with Gasteiger partial charge in [-0.15, -0.1) is 0 Å². The summed E-state index contributed by atoms with van der Waals surface area (Å²) in [5.74, 6) is -0.854. The fourth-order valence-corrected chi connectivity index (χ4v) is 5.19. The largest absolute Gasteiger partial charge is 0.507 e. The molecule has 0 aromatic heterocycles. The molecule has 4 rings (SSSR count). The first-order valence-electron chi connectivity index (χ1n) is 14.1. The van der Waals surface area contributed by atoms with Crippen molar-refractivity contribution in [3.05, 3.63) is 94.6 Å². The van der Waals surface area contributed by atoms with Crippen LogP contribution >= 0.6 is 0 Å². The molecular weight excluding hydrogens is 512 g/mol. The maximum atomic E-state index is 13.7. The number of hydrogen-bond donors (Lipinski definition) is 1. The van der Waals surface area contributed by atoms with E-state index in [9.17, 15) is 14.7 Å². The molecule has 1 heterocycles. The third-order valence-corrected chi connectivity index (χ3v) is 7.54. The molecule has 3 aromatic carbocycles. The number of anilines is 2. The van der Waals surface area contributed by atoms with Crippen LogP contribution in [0, 0.1) is 0 Å². The number of aliphatic hydroxyl groups excluding tert-OH is 1. The van der Waals surface area contributed by atoms with Crippen molar-refractivity contribution in [2.75, 3.05) is 30.5 Å². The highest BCUT2D eigenvalue weighted by atomic mass is 16.5. The van der Waals surface area contributed by atoms with Crippen LogP contribution in [0.1, 0.15) is 76.8 Å². The van der Waals surface area contributed by atoms with E-state index in [1.807, 2.05) is 86.6 Å². The number of ketones is 1. The molecule has 6 nitrogen and oxygen atoms in total. The summed E-state index contributed by atoms with van der Waals surface area (Å²) in [7, 11) is 3.89. The van der Waals surface area contributed by atoms with Crippen LogP contribution in [0.15, 0.2) is 72.3 Å². The van der Waals surface area contributed by atoms with Crippen molar-refractivity contribution >= 4 is 28.8 Å². The van der Waals surface area contributed by atoms with E-state index in [0.29, 0.717) is 17.9 Å². The average molecular weight is 555 g/mol. The Morgan fingerprint density at radius 1 is 0.878 bits per heavy atom. The number of Topliss-reactive ketones (excluding diaryl/α,β-unsaturated/α-hetero) is 1. The maximum absolute atomic E-state index is 13.7. The molecule has 0 bridgehead atoms. The summed E-state index contributed by atoms with van der Waals surface area (Å²) in [5, 5.41) is 11.7. The summed E-state index contributed by atoms with van der Waals surface area (Å²) in [5.41, 5.74) is 4.55. The number of nitrogens with zero attached hydrogens (tertiary/aromatic N) is 2. The predicted octanol–water partition coefficient (Wildman–Crippen LogP) is 7.37. The first-order valence-corrected chi connectivity index (χ1v) is 14.1. The highest BCUT2D eigenvalue weighted by Gasteiger charge is 2.47. The standard InChI is InChI=1S/C35H42N2O4/c1-10-41-28-20-13-23(21-27(28)35(5,6)7)31(38)29-30(22-11-14-24(15-12-22)34(2,3)4)37(33(40)32(29)39)26-18-16-25(17-19-26)36(8)9/h11-21,30,38H,10H2,1-9H3/b31-29-. The van der Waals surface area contributed by atoms with Crippen LogP contribution < -0.4 is 14.5 Å². The first-order chi connectivity index (χ1) is 19.1. The van der Waals surface area contributed by atoms with Crippen molar-refractivity contribution in [3.63, 3.8) is 0 Å². The molecule has 1 fully saturated rings. The lowest BCUT2D eigenvalue weighted by molar-refractivity contribution is -0.132. The van der Waals surface area contributed by atoms with Gasteiger partial charge in [-0.25, -0.2) is 0 Å². The van der Waals surface area contributed by atoms with E-state index in [4.69, 9.17) is 4.74 Å². The third-order valence-electron chi connectivity index (χ3n) is 7.54. The summed E-state index contributed by atoms with van der Waals surface area (Å²) < 4.78 is 5.86. The van der Waals surface area contributed by atoms with Gasteiger partial charge in [-0.3, -0.25) is 14.5 Å². The van der Waals surface area contributed by atoms with Crippen LogP contribution in [0.4, 0.5) is 11.4 Å². The number of benzene rings is 3. The predicted molar refractivity (Wildman–Crippen MR) is 167 cm³/mol. The second-order valence-corrected chi connectivity index (χ2v) is 12.8. The van der Waals surface area contributed by atoms with E-state index in [2.05, 4.69) is 41.5 Å². The minimum atomic E-state index is -0.793. The van der Waals surface area contributed by atoms with E-state index >= 15 is 0 Å². The fraction of sp³-hybridized carbons (Fsp3) is 0.371. The summed E-state index contributed by atoms with van der Waals surface area (Å²) in [6.45, 7) is 15.1. The molecule has 1 aliphatic heterocycles. The molecule has 1 amide bonds. The summed E-state index contributed by atoms with van der Waals surface area (Å²) in [4.78, 5) is 30.8. The first kappa shape index (κ1) is 29.9. The molecule has 3 aromatic rings. The second kappa shape index (κ2) is 11.1. The van der Waals surface area contributed by atoms with Gasteiger partial charge < -0.3 is 14.7 Å². The molecule has 216 valence electrons. The summed E-state index contributed by atoms with van der Waals surface area (Å²) in [6.07, 6.45) is 0. The van der Waals surface area contributed by atoms with Crippen molar-refractivity contribution in [3.8, 4) is 5.75 Å². The van der Waals surface area contributed by atoms with Gasteiger partial charge in [0.15, 0.2) is 0 Å². The van der Waals surface area contributed by atoms with Gasteiger partial charge in [0.2, 0.25) is 0 Å². The van der Waals surface area contributed by atoms with Crippen LogP contribution in [0.25, 0.3) is 5.76 Å². The van der Waals surface area contributed by atoms with Crippen LogP contribution in [0.5, 0.6) is 5.75 Å². The lowest BCUT2D eigenvalue weighted by Gasteiger charge is -2.27. The van der Waals surface area contributed by atoms with Crippen molar-refractivity contribution in [1.29, 1.82) is 0 Å². The average Bonchev–Trinajstić information content (AvgIpc) is 3.17. The highest BCUT2D eigenvalue weighted by Crippen LogP contribution is 2.44. The smallest absolute Gasteiger partial charge is 0.300 e. The van der Waals surface area contributed by atoms with E-state index < -0.39 is 17.7 Å². The van der Waals surface area contributed by atoms with Crippen molar-refractivity contribution in [2.45, 2.75) is 65.3 Å². The fourth-order valence-electron chi connectivity index (χ4n) is 5.19. The normalized spacial score (nSPS) is 17.2. The molecular formula is C35H42N2O4. The van der Waals surface area contributed by atoms with Gasteiger partial charge in [0.25, 0.3) is 11.7 Å². The number of carbonyl (C=O) groups excluding carboxylic acids is 2. The molecule has 1 unspecified atom stereocenters. The van der Waals surface area contributed by atoms with Crippen LogP contribution in [-0.2, 0) is 20.4 Å². The zero-order valence-corrected chi connectivity index (χ0v) is 25.7. The number of rotatable bonds is 6. The Labute approximate surface area is 244 Å². The zero-order valence-electron chi connectivity index (χ0n) is 25.7. The molecule has 1 saturated heterocycles. The molecule has 0 spiro atoms. The molecule has 6 heteroatoms. The van der Waals surface area contributed by atoms with E-state index in [-0.39, 0.29) is 22.2 Å². The molecule has 41 heavy (non-hydrogen) atoms. The van der Waals surface area contributed by atoms with Gasteiger partial charge in [0.1, 0.15) is 11.5 Å². The quantitative estimate of drug-likeness (QED) is 0.196. The van der Waals surface area contributed by atoms with Gasteiger partial charge in [0.05, 0.1) is 18.2 Å². The molecule has 0 aliphatic carbocycles. The van der Waals surface area contributed by atoms with E-state index in [1.54, 1.807) is 6.07 Å². The number of ether oxygens (including phenoxy) is 1. The number of aliphatic hydroxyl groups is 1. The van der Waals surface area contributed by atoms with Gasteiger partial charge in [-0.1, -0.05) is 65.8 Å². The topological polar surface area (TPSA) is 70.1 Å². The van der Waals surface area contributed by atoms with Crippen molar-refractivity contribution in [2.24, 2.45) is 0 Å². The van der Waals surface area contributed by atoms with Gasteiger partial charge in [0, 0.05) is 36.6 Å². The Morgan fingerprint density at radius 2 is 1.49 bits per heavy atom. The van der Waals surface area contributed by atoms with Gasteiger partial charge >= 0.3 is 0 Å². The Kier molecular flexibility index (Phi) is 8.08. The van der Waals surface area contributed by atoms with Gasteiger partial charge in [-0.05, 0) is 71.3 Å². The van der Waals surface area contributed by atoms with Crippen LogP contribution in [-0.4, -0.2) is 37.5 Å². The van der Waals surface area contributed by atoms with Crippen LogP contribution in [0.2, 0.25) is 0 Å². The Balaban J connectivity index is 1.93. The Bertz CT molecular complexity index is 1470. The lowest BCUT2D eigenvalue weighted by atomic mass is 9.84. The minimum absolute atomic E-state index is 0.0615. The van der Waals surface area contributed by atoms with Crippen LogP contribution in [0.3, 0.4) is 0 Å². The maximum Gasteiger partial charge on any atom is 0.300 e. The lowest BCUT2D eigenvalue weighted by Crippen LogP contribution is -2.29. The third kappa shape index (κ3) is 5.88. The molecule has 1 aliphatic rings. The van der Waals surface area contributed by atoms with E-state index in [1.165, 1.54) is 4.90 Å². The molecule has 0 saturated carbocycles. The van der Waals surface area contributed by atoms with Gasteiger partial charge in [-0.2, -0.15) is 0 Å².